The summed E-state index contributed by atoms with van der Waals surface area (Å²) < 4.78 is 5.53. The smallest absolute Gasteiger partial charge is 0.305 e. The number of esters is 1. The number of nitrogens with zero attached hydrogens (tertiary/aromatic N) is 4. The van der Waals surface area contributed by atoms with Crippen LogP contribution >= 0.6 is 0 Å². The lowest BCUT2D eigenvalue weighted by Gasteiger charge is -2.31. The van der Waals surface area contributed by atoms with Gasteiger partial charge in [0.15, 0.2) is 0 Å². The molecule has 0 aromatic carbocycles. The molecule has 1 fully saturated rings. The molecule has 1 unspecified atom stereocenters. The van der Waals surface area contributed by atoms with Crippen LogP contribution in [0.5, 0.6) is 0 Å². The van der Waals surface area contributed by atoms with Gasteiger partial charge in [0.2, 0.25) is 0 Å². The third-order valence-corrected chi connectivity index (χ3v) is 16.1. The summed E-state index contributed by atoms with van der Waals surface area (Å²) in [6.45, 7) is 24.6. The fourth-order valence-electron chi connectivity index (χ4n) is 11.0. The van der Waals surface area contributed by atoms with Crippen LogP contribution in [0, 0.1) is 5.92 Å². The van der Waals surface area contributed by atoms with Crippen LogP contribution in [0.25, 0.3) is 0 Å². The second-order valence-electron chi connectivity index (χ2n) is 23.4. The van der Waals surface area contributed by atoms with Crippen molar-refractivity contribution in [1.29, 1.82) is 0 Å². The lowest BCUT2D eigenvalue weighted by Crippen LogP contribution is -2.37. The highest BCUT2D eigenvalue weighted by Crippen LogP contribution is 2.20. The number of carbonyl (C=O) groups is 2. The SMILES string of the molecule is CCCCCCCCCCCCCCN(CCCCOC(=O)CCCCCCCC)CCC1CCCN(C)C1.CCCCCCCCCN(CC=O)CCN(CCCCCCCCC)CCCCCCCCC. The summed E-state index contributed by atoms with van der Waals surface area (Å²) in [6, 6.07) is 0. The van der Waals surface area contributed by atoms with Gasteiger partial charge in [-0.25, -0.2) is 0 Å². The van der Waals surface area contributed by atoms with Crippen LogP contribution in [0.1, 0.15) is 324 Å². The molecule has 0 bridgehead atoms. The molecule has 1 rings (SSSR count). The molecule has 0 amide bonds. The Bertz CT molecular complexity index is 1060. The average molecular weight is 1030 g/mol. The van der Waals surface area contributed by atoms with Crippen molar-refractivity contribution >= 4 is 12.3 Å². The van der Waals surface area contributed by atoms with Gasteiger partial charge in [0, 0.05) is 26.1 Å². The Morgan fingerprint density at radius 2 is 0.753 bits per heavy atom. The number of piperidine rings is 1. The number of ether oxygens (including phenoxy) is 1. The summed E-state index contributed by atoms with van der Waals surface area (Å²) in [5.41, 5.74) is 0. The first-order chi connectivity index (χ1) is 35.9. The summed E-state index contributed by atoms with van der Waals surface area (Å²) in [5, 5.41) is 0. The molecule has 0 aromatic rings. The summed E-state index contributed by atoms with van der Waals surface area (Å²) in [4.78, 5) is 33.6. The van der Waals surface area contributed by atoms with Crippen molar-refractivity contribution in [3.05, 3.63) is 0 Å². The largest absolute Gasteiger partial charge is 0.466 e. The Morgan fingerprint density at radius 3 is 1.14 bits per heavy atom. The molecule has 7 heteroatoms. The van der Waals surface area contributed by atoms with Gasteiger partial charge in [-0.1, -0.05) is 253 Å². The maximum Gasteiger partial charge on any atom is 0.305 e. The monoisotopic (exact) mass is 1030 g/mol. The first-order valence-electron chi connectivity index (χ1n) is 33.4. The molecule has 1 atom stereocenters. The maximum absolute atomic E-state index is 12.0. The van der Waals surface area contributed by atoms with Gasteiger partial charge in [-0.2, -0.15) is 0 Å². The molecule has 1 heterocycles. The molecule has 1 aliphatic heterocycles. The number of rotatable bonds is 57. The molecule has 1 aliphatic rings. The molecule has 7 nitrogen and oxygen atoms in total. The minimum atomic E-state index is 0.0141. The molecule has 73 heavy (non-hydrogen) atoms. The van der Waals surface area contributed by atoms with E-state index in [1.807, 2.05) is 0 Å². The highest BCUT2D eigenvalue weighted by atomic mass is 16.5. The fourth-order valence-corrected chi connectivity index (χ4v) is 11.0. The molecule has 0 aromatic heterocycles. The number of likely N-dealkylation sites (tertiary alicyclic amines) is 1. The Labute approximate surface area is 459 Å². The quantitative estimate of drug-likeness (QED) is 0.0342. The van der Waals surface area contributed by atoms with Crippen LogP contribution in [-0.4, -0.2) is 118 Å². The van der Waals surface area contributed by atoms with E-state index in [9.17, 15) is 9.59 Å². The molecular formula is C66H134N4O3. The van der Waals surface area contributed by atoms with E-state index in [-0.39, 0.29) is 5.97 Å². The third kappa shape index (κ3) is 54.1. The van der Waals surface area contributed by atoms with Crippen LogP contribution < -0.4 is 0 Å². The van der Waals surface area contributed by atoms with E-state index < -0.39 is 0 Å². The van der Waals surface area contributed by atoms with Gasteiger partial charge in [0.25, 0.3) is 0 Å². The third-order valence-electron chi connectivity index (χ3n) is 16.1. The molecule has 436 valence electrons. The van der Waals surface area contributed by atoms with Crippen LogP contribution in [0.3, 0.4) is 0 Å². The molecule has 0 aliphatic carbocycles. The molecule has 0 saturated carbocycles. The predicted molar refractivity (Wildman–Crippen MR) is 323 cm³/mol. The highest BCUT2D eigenvalue weighted by molar-refractivity contribution is 5.69. The van der Waals surface area contributed by atoms with Crippen LogP contribution in [0.15, 0.2) is 0 Å². The number of unbranched alkanes of at least 4 members (excludes halogenated alkanes) is 35. The Balaban J connectivity index is 0.00000144. The van der Waals surface area contributed by atoms with E-state index in [1.54, 1.807) is 0 Å². The van der Waals surface area contributed by atoms with Crippen molar-refractivity contribution in [1.82, 2.24) is 19.6 Å². The van der Waals surface area contributed by atoms with Gasteiger partial charge in [-0.05, 0) is 123 Å². The molecule has 0 N–H and O–H groups in total. The van der Waals surface area contributed by atoms with E-state index in [0.29, 0.717) is 19.6 Å². The van der Waals surface area contributed by atoms with Crippen LogP contribution in [-0.2, 0) is 14.3 Å². The van der Waals surface area contributed by atoms with E-state index in [1.165, 1.54) is 303 Å². The van der Waals surface area contributed by atoms with Gasteiger partial charge in [0.1, 0.15) is 6.29 Å². The van der Waals surface area contributed by atoms with Crippen LogP contribution in [0.4, 0.5) is 0 Å². The van der Waals surface area contributed by atoms with Crippen molar-refractivity contribution in [3.63, 3.8) is 0 Å². The van der Waals surface area contributed by atoms with Gasteiger partial charge in [-0.3, -0.25) is 9.69 Å². The minimum Gasteiger partial charge on any atom is -0.466 e. The topological polar surface area (TPSA) is 56.3 Å². The number of hydrogen-bond donors (Lipinski definition) is 0. The average Bonchev–Trinajstić information content (AvgIpc) is 3.39. The zero-order valence-electron chi connectivity index (χ0n) is 51.0. The first kappa shape index (κ1) is 72.0. The minimum absolute atomic E-state index is 0.0141. The molecule has 0 spiro atoms. The zero-order chi connectivity index (χ0) is 53.2. The van der Waals surface area contributed by atoms with Crippen molar-refractivity contribution < 1.29 is 14.3 Å². The Hall–Kier alpha value is -1.02. The van der Waals surface area contributed by atoms with Crippen molar-refractivity contribution in [3.8, 4) is 0 Å². The van der Waals surface area contributed by atoms with Crippen LogP contribution in [0.2, 0.25) is 0 Å². The second-order valence-corrected chi connectivity index (χ2v) is 23.4. The zero-order valence-corrected chi connectivity index (χ0v) is 51.0. The Kier molecular flexibility index (Phi) is 59.4. The molecule has 1 saturated heterocycles. The van der Waals surface area contributed by atoms with E-state index in [0.717, 1.165) is 57.6 Å². The van der Waals surface area contributed by atoms with Crippen molar-refractivity contribution in [2.75, 3.05) is 85.6 Å². The van der Waals surface area contributed by atoms with Gasteiger partial charge >= 0.3 is 5.97 Å². The van der Waals surface area contributed by atoms with Gasteiger partial charge in [-0.15, -0.1) is 0 Å². The highest BCUT2D eigenvalue weighted by Gasteiger charge is 2.18. The summed E-state index contributed by atoms with van der Waals surface area (Å²) in [5.74, 6) is 0.886. The standard InChI is InChI=1S/C35H70N2O2.C31H64N2O/c1-4-6-8-10-12-13-14-15-16-17-19-21-29-37(31-27-34-25-24-28-36(3)33-34)30-22-23-32-39-35(38)26-20-18-11-9-7-5-2;1-4-7-10-13-16-19-22-25-32(26-23-20-17-14-11-8-5-2)28-29-33(30-31-34)27-24-21-18-15-12-9-6-3/h34H,4-33H2,1-3H3;31H,4-30H2,1-3H3. The van der Waals surface area contributed by atoms with Crippen molar-refractivity contribution in [2.45, 2.75) is 324 Å². The number of carbonyl (C=O) groups excluding carboxylic acids is 2. The van der Waals surface area contributed by atoms with E-state index in [2.05, 4.69) is 61.3 Å². The maximum atomic E-state index is 12.0. The Morgan fingerprint density at radius 1 is 0.425 bits per heavy atom. The summed E-state index contributed by atoms with van der Waals surface area (Å²) >= 11 is 0. The second kappa shape index (κ2) is 60.2. The predicted octanol–water partition coefficient (Wildman–Crippen LogP) is 18.8. The van der Waals surface area contributed by atoms with Crippen molar-refractivity contribution in [2.24, 2.45) is 5.92 Å². The normalized spacial score (nSPS) is 14.1. The van der Waals surface area contributed by atoms with Gasteiger partial charge < -0.3 is 24.2 Å². The number of hydrogen-bond acceptors (Lipinski definition) is 7. The van der Waals surface area contributed by atoms with E-state index in [4.69, 9.17) is 4.74 Å². The molecular weight excluding hydrogens is 897 g/mol. The number of aldehydes is 1. The summed E-state index contributed by atoms with van der Waals surface area (Å²) in [6.07, 6.45) is 61.1. The van der Waals surface area contributed by atoms with E-state index >= 15 is 0 Å². The van der Waals surface area contributed by atoms with Gasteiger partial charge in [0.05, 0.1) is 13.2 Å². The lowest BCUT2D eigenvalue weighted by atomic mass is 9.95. The fraction of sp³-hybridized carbons (Fsp3) is 0.970. The summed E-state index contributed by atoms with van der Waals surface area (Å²) in [7, 11) is 2.28. The first-order valence-corrected chi connectivity index (χ1v) is 33.4. The lowest BCUT2D eigenvalue weighted by molar-refractivity contribution is -0.143. The molecule has 0 radical (unpaired) electrons.